The third kappa shape index (κ3) is 5.35. The maximum atomic E-state index is 13.2. The fourth-order valence-electron chi connectivity index (χ4n) is 4.58. The van der Waals surface area contributed by atoms with Crippen LogP contribution in [0.1, 0.15) is 42.1 Å². The van der Waals surface area contributed by atoms with Gasteiger partial charge < -0.3 is 14.5 Å². The molecule has 0 aromatic heterocycles. The third-order valence-corrected chi connectivity index (χ3v) is 6.26. The molecular weight excluding hydrogens is 418 g/mol. The summed E-state index contributed by atoms with van der Waals surface area (Å²) in [6.45, 7) is 5.02. The second-order valence-electron chi connectivity index (χ2n) is 8.59. The van der Waals surface area contributed by atoms with Crippen molar-refractivity contribution in [1.29, 1.82) is 0 Å². The van der Waals surface area contributed by atoms with Crippen molar-refractivity contribution in [1.82, 2.24) is 9.80 Å². The maximum Gasteiger partial charge on any atom is 0.324 e. The standard InChI is InChI=1S/C26H31N3O4/c1-2-33-25(31)22-12-7-14-27(19-22)24(30)21-11-6-13-23(17-21)29-16-8-15-28(26(29)32)18-20-9-4-3-5-10-20/h3-6,9-11,13,17,22H,2,7-8,12,14-16,18-19H2,1H3. The topological polar surface area (TPSA) is 70.2 Å². The number of likely N-dealkylation sites (tertiary alicyclic amines) is 1. The SMILES string of the molecule is CCOC(=O)C1CCCN(C(=O)c2cccc(N3CCCN(Cc4ccccc4)C3=O)c2)C1. The lowest BCUT2D eigenvalue weighted by molar-refractivity contribution is -0.149. The number of carbonyl (C=O) groups is 3. The smallest absolute Gasteiger partial charge is 0.324 e. The molecule has 0 bridgehead atoms. The zero-order chi connectivity index (χ0) is 23.2. The molecule has 1 atom stereocenters. The average molecular weight is 450 g/mol. The van der Waals surface area contributed by atoms with Gasteiger partial charge in [-0.2, -0.15) is 0 Å². The van der Waals surface area contributed by atoms with Crippen molar-refractivity contribution in [3.05, 3.63) is 65.7 Å². The van der Waals surface area contributed by atoms with Crippen molar-refractivity contribution >= 4 is 23.6 Å². The van der Waals surface area contributed by atoms with E-state index in [1.165, 1.54) is 0 Å². The highest BCUT2D eigenvalue weighted by Gasteiger charge is 2.31. The summed E-state index contributed by atoms with van der Waals surface area (Å²) in [5.74, 6) is -0.626. The van der Waals surface area contributed by atoms with Crippen LogP contribution in [0.3, 0.4) is 0 Å². The van der Waals surface area contributed by atoms with Crippen molar-refractivity contribution in [3.8, 4) is 0 Å². The molecule has 174 valence electrons. The molecule has 0 N–H and O–H groups in total. The molecule has 1 unspecified atom stereocenters. The Hall–Kier alpha value is -3.35. The van der Waals surface area contributed by atoms with Gasteiger partial charge in [-0.3, -0.25) is 14.5 Å². The summed E-state index contributed by atoms with van der Waals surface area (Å²) in [5, 5.41) is 0. The van der Waals surface area contributed by atoms with Crippen molar-refractivity contribution in [3.63, 3.8) is 0 Å². The summed E-state index contributed by atoms with van der Waals surface area (Å²) in [4.78, 5) is 43.9. The normalized spacial score (nSPS) is 18.9. The molecule has 2 aromatic rings. The molecule has 2 heterocycles. The van der Waals surface area contributed by atoms with Crippen LogP contribution in [0.5, 0.6) is 0 Å². The first-order valence-corrected chi connectivity index (χ1v) is 11.7. The molecule has 7 nitrogen and oxygen atoms in total. The number of urea groups is 1. The fraction of sp³-hybridized carbons (Fsp3) is 0.423. The summed E-state index contributed by atoms with van der Waals surface area (Å²) in [5.41, 5.74) is 2.35. The first-order chi connectivity index (χ1) is 16.1. The van der Waals surface area contributed by atoms with E-state index in [0.29, 0.717) is 44.9 Å². The molecular formula is C26H31N3O4. The minimum atomic E-state index is -0.277. The van der Waals surface area contributed by atoms with Gasteiger partial charge in [0.1, 0.15) is 0 Å². The van der Waals surface area contributed by atoms with Crippen LogP contribution >= 0.6 is 0 Å². The van der Waals surface area contributed by atoms with Crippen LogP contribution in [0.2, 0.25) is 0 Å². The Labute approximate surface area is 194 Å². The number of esters is 1. The number of carbonyl (C=O) groups excluding carboxylic acids is 3. The number of anilines is 1. The molecule has 2 aromatic carbocycles. The zero-order valence-electron chi connectivity index (χ0n) is 19.1. The first kappa shape index (κ1) is 22.8. The Morgan fingerprint density at radius 3 is 2.61 bits per heavy atom. The predicted octanol–water partition coefficient (Wildman–Crippen LogP) is 3.93. The minimum Gasteiger partial charge on any atom is -0.466 e. The molecule has 2 fully saturated rings. The Kier molecular flexibility index (Phi) is 7.27. The molecule has 7 heteroatoms. The van der Waals surface area contributed by atoms with Gasteiger partial charge in [-0.1, -0.05) is 36.4 Å². The number of hydrogen-bond donors (Lipinski definition) is 0. The van der Waals surface area contributed by atoms with E-state index in [-0.39, 0.29) is 23.8 Å². The van der Waals surface area contributed by atoms with Gasteiger partial charge in [-0.05, 0) is 49.9 Å². The fourth-order valence-corrected chi connectivity index (χ4v) is 4.58. The number of hydrogen-bond acceptors (Lipinski definition) is 4. The lowest BCUT2D eigenvalue weighted by Gasteiger charge is -2.36. The average Bonchev–Trinajstić information content (AvgIpc) is 2.86. The summed E-state index contributed by atoms with van der Waals surface area (Å²) >= 11 is 0. The summed E-state index contributed by atoms with van der Waals surface area (Å²) in [6.07, 6.45) is 2.38. The van der Waals surface area contributed by atoms with E-state index < -0.39 is 0 Å². The number of benzene rings is 2. The van der Waals surface area contributed by atoms with E-state index in [2.05, 4.69) is 0 Å². The highest BCUT2D eigenvalue weighted by Crippen LogP contribution is 2.25. The van der Waals surface area contributed by atoms with E-state index in [9.17, 15) is 14.4 Å². The first-order valence-electron chi connectivity index (χ1n) is 11.7. The van der Waals surface area contributed by atoms with Gasteiger partial charge in [0.2, 0.25) is 0 Å². The molecule has 3 amide bonds. The van der Waals surface area contributed by atoms with Gasteiger partial charge in [-0.15, -0.1) is 0 Å². The van der Waals surface area contributed by atoms with Crippen LogP contribution in [0.15, 0.2) is 54.6 Å². The van der Waals surface area contributed by atoms with Crippen LogP contribution in [0.4, 0.5) is 10.5 Å². The second kappa shape index (κ2) is 10.5. The Morgan fingerprint density at radius 1 is 1.00 bits per heavy atom. The number of rotatable bonds is 6. The summed E-state index contributed by atoms with van der Waals surface area (Å²) in [7, 11) is 0. The van der Waals surface area contributed by atoms with Crippen molar-refractivity contribution in [2.75, 3.05) is 37.7 Å². The molecule has 33 heavy (non-hydrogen) atoms. The summed E-state index contributed by atoms with van der Waals surface area (Å²) < 4.78 is 5.15. The van der Waals surface area contributed by atoms with E-state index in [0.717, 1.165) is 30.5 Å². The van der Waals surface area contributed by atoms with Gasteiger partial charge in [0.05, 0.1) is 12.5 Å². The number of amides is 3. The van der Waals surface area contributed by atoms with E-state index in [4.69, 9.17) is 4.74 Å². The molecule has 2 aliphatic heterocycles. The molecule has 4 rings (SSSR count). The Bertz CT molecular complexity index is 994. The highest BCUT2D eigenvalue weighted by molar-refractivity contribution is 5.98. The van der Waals surface area contributed by atoms with E-state index in [1.807, 2.05) is 47.4 Å². The highest BCUT2D eigenvalue weighted by atomic mass is 16.5. The van der Waals surface area contributed by atoms with Crippen molar-refractivity contribution < 1.29 is 19.1 Å². The van der Waals surface area contributed by atoms with Crippen LogP contribution < -0.4 is 4.90 Å². The number of nitrogens with zero attached hydrogens (tertiary/aromatic N) is 3. The largest absolute Gasteiger partial charge is 0.466 e. The molecule has 2 aliphatic rings. The molecule has 0 spiro atoms. The van der Waals surface area contributed by atoms with Crippen LogP contribution in [0.25, 0.3) is 0 Å². The van der Waals surface area contributed by atoms with E-state index in [1.54, 1.807) is 28.9 Å². The summed E-state index contributed by atoms with van der Waals surface area (Å²) in [6, 6.07) is 17.2. The van der Waals surface area contributed by atoms with Crippen LogP contribution in [0, 0.1) is 5.92 Å². The number of piperidine rings is 1. The second-order valence-corrected chi connectivity index (χ2v) is 8.59. The van der Waals surface area contributed by atoms with Gasteiger partial charge in [0, 0.05) is 44.0 Å². The minimum absolute atomic E-state index is 0.0463. The third-order valence-electron chi connectivity index (χ3n) is 6.26. The van der Waals surface area contributed by atoms with Gasteiger partial charge in [0.25, 0.3) is 5.91 Å². The van der Waals surface area contributed by atoms with Gasteiger partial charge >= 0.3 is 12.0 Å². The lowest BCUT2D eigenvalue weighted by Crippen LogP contribution is -2.49. The van der Waals surface area contributed by atoms with Crippen molar-refractivity contribution in [2.24, 2.45) is 5.92 Å². The quantitative estimate of drug-likeness (QED) is 0.627. The van der Waals surface area contributed by atoms with Gasteiger partial charge in [0.15, 0.2) is 0 Å². The molecule has 0 saturated carbocycles. The Balaban J connectivity index is 1.46. The predicted molar refractivity (Wildman–Crippen MR) is 126 cm³/mol. The van der Waals surface area contributed by atoms with Crippen LogP contribution in [-0.4, -0.2) is 60.5 Å². The van der Waals surface area contributed by atoms with Crippen molar-refractivity contribution in [2.45, 2.75) is 32.7 Å². The van der Waals surface area contributed by atoms with E-state index >= 15 is 0 Å². The molecule has 2 saturated heterocycles. The lowest BCUT2D eigenvalue weighted by atomic mass is 9.97. The maximum absolute atomic E-state index is 13.2. The monoisotopic (exact) mass is 449 g/mol. The number of ether oxygens (including phenoxy) is 1. The molecule has 0 aliphatic carbocycles. The Morgan fingerprint density at radius 2 is 1.82 bits per heavy atom. The zero-order valence-corrected chi connectivity index (χ0v) is 19.1. The van der Waals surface area contributed by atoms with Gasteiger partial charge in [-0.25, -0.2) is 4.79 Å². The molecule has 0 radical (unpaired) electrons. The van der Waals surface area contributed by atoms with Crippen LogP contribution in [-0.2, 0) is 16.1 Å².